The van der Waals surface area contributed by atoms with Crippen molar-refractivity contribution in [2.24, 2.45) is 5.92 Å². The molecule has 2 aromatic carbocycles. The Bertz CT molecular complexity index is 999. The van der Waals surface area contributed by atoms with E-state index < -0.39 is 21.9 Å². The fourth-order valence-electron chi connectivity index (χ4n) is 2.92. The molecule has 0 bridgehead atoms. The summed E-state index contributed by atoms with van der Waals surface area (Å²) in [5, 5.41) is 11.9. The van der Waals surface area contributed by atoms with Crippen LogP contribution in [-0.4, -0.2) is 37.8 Å². The fraction of sp³-hybridized carbons (Fsp3) is 0.364. The van der Waals surface area contributed by atoms with Crippen molar-refractivity contribution in [1.82, 2.24) is 5.32 Å². The summed E-state index contributed by atoms with van der Waals surface area (Å²) in [5.41, 5.74) is 1.61. The summed E-state index contributed by atoms with van der Waals surface area (Å²) in [6, 6.07) is 12.4. The summed E-state index contributed by atoms with van der Waals surface area (Å²) in [5.74, 6) is -1.41. The van der Waals surface area contributed by atoms with Gasteiger partial charge < -0.3 is 15.2 Å². The van der Waals surface area contributed by atoms with Crippen LogP contribution in [0.15, 0.2) is 53.4 Å². The third-order valence-corrected chi connectivity index (χ3v) is 5.75. The molecule has 0 aromatic heterocycles. The van der Waals surface area contributed by atoms with Crippen molar-refractivity contribution in [2.45, 2.75) is 44.4 Å². The summed E-state index contributed by atoms with van der Waals surface area (Å²) < 4.78 is 29.3. The molecule has 2 atom stereocenters. The van der Waals surface area contributed by atoms with Gasteiger partial charge in [-0.05, 0) is 48.2 Å². The maximum atomic E-state index is 12.8. The highest BCUT2D eigenvalue weighted by Gasteiger charge is 2.25. The molecule has 0 saturated heterocycles. The van der Waals surface area contributed by atoms with E-state index in [1.165, 1.54) is 24.3 Å². The van der Waals surface area contributed by atoms with Gasteiger partial charge in [-0.3, -0.25) is 4.79 Å². The summed E-state index contributed by atoms with van der Waals surface area (Å²) in [6.45, 7) is 5.63. The van der Waals surface area contributed by atoms with Crippen molar-refractivity contribution in [2.75, 3.05) is 6.26 Å². The summed E-state index contributed by atoms with van der Waals surface area (Å²) in [7, 11) is -3.32. The fourth-order valence-corrected chi connectivity index (χ4v) is 3.61. The number of sulfone groups is 1. The van der Waals surface area contributed by atoms with Gasteiger partial charge in [0.15, 0.2) is 9.84 Å². The molecule has 7 nitrogen and oxygen atoms in total. The molecule has 2 N–H and O–H groups in total. The van der Waals surface area contributed by atoms with Crippen LogP contribution in [0, 0.1) is 5.92 Å². The zero-order chi connectivity index (χ0) is 22.5. The minimum atomic E-state index is -3.32. The van der Waals surface area contributed by atoms with Crippen molar-refractivity contribution in [3.8, 4) is 0 Å². The number of aromatic carboxylic acids is 1. The monoisotopic (exact) mass is 433 g/mol. The van der Waals surface area contributed by atoms with E-state index in [1.54, 1.807) is 31.2 Å². The molecule has 2 aromatic rings. The Labute approximate surface area is 177 Å². The second-order valence-electron chi connectivity index (χ2n) is 7.55. The predicted octanol–water partition coefficient (Wildman–Crippen LogP) is 3.21. The van der Waals surface area contributed by atoms with E-state index in [0.717, 1.165) is 11.8 Å². The van der Waals surface area contributed by atoms with Crippen molar-refractivity contribution in [3.63, 3.8) is 0 Å². The van der Waals surface area contributed by atoms with Crippen LogP contribution in [0.1, 0.15) is 48.3 Å². The van der Waals surface area contributed by atoms with E-state index in [-0.39, 0.29) is 34.9 Å². The van der Waals surface area contributed by atoms with Gasteiger partial charge in [-0.2, -0.15) is 0 Å². The summed E-state index contributed by atoms with van der Waals surface area (Å²) >= 11 is 0. The van der Waals surface area contributed by atoms with Crippen LogP contribution in [-0.2, 0) is 26.0 Å². The van der Waals surface area contributed by atoms with Gasteiger partial charge in [-0.15, -0.1) is 0 Å². The predicted molar refractivity (Wildman–Crippen MR) is 113 cm³/mol. The number of amides is 1. The quantitative estimate of drug-likeness (QED) is 0.628. The smallest absolute Gasteiger partial charge is 0.335 e. The Kier molecular flexibility index (Phi) is 7.75. The van der Waals surface area contributed by atoms with Crippen LogP contribution in [0.4, 0.5) is 0 Å². The topological polar surface area (TPSA) is 110 Å². The van der Waals surface area contributed by atoms with E-state index in [0.29, 0.717) is 5.56 Å². The number of nitrogens with one attached hydrogen (secondary N) is 1. The van der Waals surface area contributed by atoms with E-state index >= 15 is 0 Å². The largest absolute Gasteiger partial charge is 0.478 e. The van der Waals surface area contributed by atoms with Gasteiger partial charge in [-0.1, -0.05) is 38.1 Å². The number of carboxylic acid groups (broad SMARTS) is 1. The second-order valence-corrected chi connectivity index (χ2v) is 9.57. The van der Waals surface area contributed by atoms with E-state index in [2.05, 4.69) is 5.32 Å². The zero-order valence-electron chi connectivity index (χ0n) is 17.5. The Morgan fingerprint density at radius 2 is 1.70 bits per heavy atom. The molecular formula is C22H27NO6S. The molecule has 0 aliphatic heterocycles. The second kappa shape index (κ2) is 9.86. The van der Waals surface area contributed by atoms with Crippen LogP contribution in [0.25, 0.3) is 0 Å². The van der Waals surface area contributed by atoms with Crippen LogP contribution < -0.4 is 5.32 Å². The summed E-state index contributed by atoms with van der Waals surface area (Å²) in [6.07, 6.45) is 0.412. The maximum absolute atomic E-state index is 12.8. The minimum Gasteiger partial charge on any atom is -0.478 e. The molecule has 0 spiro atoms. The van der Waals surface area contributed by atoms with Crippen LogP contribution >= 0.6 is 0 Å². The molecule has 0 aliphatic rings. The lowest BCUT2D eigenvalue weighted by Crippen LogP contribution is -2.40. The number of ether oxygens (including phenoxy) is 1. The minimum absolute atomic E-state index is 0.0985. The maximum Gasteiger partial charge on any atom is 0.335 e. The first kappa shape index (κ1) is 23.6. The van der Waals surface area contributed by atoms with E-state index in [9.17, 15) is 18.0 Å². The molecule has 0 unspecified atom stereocenters. The normalized spacial score (nSPS) is 13.6. The highest BCUT2D eigenvalue weighted by Crippen LogP contribution is 2.18. The number of benzene rings is 2. The molecule has 0 fully saturated rings. The lowest BCUT2D eigenvalue weighted by molar-refractivity contribution is -0.137. The van der Waals surface area contributed by atoms with E-state index in [4.69, 9.17) is 9.84 Å². The average Bonchev–Trinajstić information content (AvgIpc) is 2.67. The Balaban J connectivity index is 2.05. The van der Waals surface area contributed by atoms with Gasteiger partial charge in [0.2, 0.25) is 5.91 Å². The lowest BCUT2D eigenvalue weighted by atomic mass is 10.0. The Hall–Kier alpha value is -2.71. The first-order chi connectivity index (χ1) is 14.0. The van der Waals surface area contributed by atoms with Gasteiger partial charge in [0.05, 0.1) is 23.1 Å². The van der Waals surface area contributed by atoms with Crippen molar-refractivity contribution < 1.29 is 27.9 Å². The Morgan fingerprint density at radius 1 is 1.07 bits per heavy atom. The van der Waals surface area contributed by atoms with Crippen LogP contribution in [0.3, 0.4) is 0 Å². The average molecular weight is 434 g/mol. The molecule has 0 radical (unpaired) electrons. The van der Waals surface area contributed by atoms with E-state index in [1.807, 2.05) is 13.8 Å². The number of carbonyl (C=O) groups is 2. The molecule has 30 heavy (non-hydrogen) atoms. The molecule has 8 heteroatoms. The number of carbonyl (C=O) groups excluding carboxylic acids is 1. The first-order valence-electron chi connectivity index (χ1n) is 9.53. The van der Waals surface area contributed by atoms with Gasteiger partial charge in [0.1, 0.15) is 6.10 Å². The van der Waals surface area contributed by atoms with Crippen molar-refractivity contribution in [3.05, 3.63) is 65.2 Å². The summed E-state index contributed by atoms with van der Waals surface area (Å²) in [4.78, 5) is 23.9. The standard InChI is InChI=1S/C22H27NO6S/c1-14(2)20(29-13-16-6-5-7-19(12-16)30(4,27)28)21(24)23-15(3)17-8-10-18(11-9-17)22(25)26/h5-12,14-15,20H,13H2,1-4H3,(H,23,24)(H,25,26)/t15-,20+/m0/s1. The number of hydrogen-bond donors (Lipinski definition) is 2. The zero-order valence-corrected chi connectivity index (χ0v) is 18.3. The van der Waals surface area contributed by atoms with Gasteiger partial charge >= 0.3 is 5.97 Å². The molecular weight excluding hydrogens is 406 g/mol. The molecule has 0 aliphatic carbocycles. The first-order valence-corrected chi connectivity index (χ1v) is 11.4. The van der Waals surface area contributed by atoms with Crippen LogP contribution in [0.2, 0.25) is 0 Å². The van der Waals surface area contributed by atoms with Gasteiger partial charge in [-0.25, -0.2) is 13.2 Å². The number of rotatable bonds is 9. The lowest BCUT2D eigenvalue weighted by Gasteiger charge is -2.24. The number of carboxylic acids is 1. The van der Waals surface area contributed by atoms with Crippen molar-refractivity contribution >= 4 is 21.7 Å². The highest BCUT2D eigenvalue weighted by atomic mass is 32.2. The third kappa shape index (κ3) is 6.40. The van der Waals surface area contributed by atoms with Gasteiger partial charge in [0, 0.05) is 6.26 Å². The third-order valence-electron chi connectivity index (χ3n) is 4.64. The molecule has 162 valence electrons. The SMILES string of the molecule is CC(C)[C@@H](OCc1cccc(S(C)(=O)=O)c1)C(=O)N[C@@H](C)c1ccc(C(=O)O)cc1. The molecule has 1 amide bonds. The van der Waals surface area contributed by atoms with Crippen molar-refractivity contribution in [1.29, 1.82) is 0 Å². The number of hydrogen-bond acceptors (Lipinski definition) is 5. The van der Waals surface area contributed by atoms with Gasteiger partial charge in [0.25, 0.3) is 0 Å². The molecule has 2 rings (SSSR count). The highest BCUT2D eigenvalue weighted by molar-refractivity contribution is 7.90. The Morgan fingerprint density at radius 3 is 2.23 bits per heavy atom. The molecule has 0 saturated carbocycles. The molecule has 0 heterocycles. The van der Waals surface area contributed by atoms with Crippen LogP contribution in [0.5, 0.6) is 0 Å².